The molecule has 0 unspecified atom stereocenters. The number of ether oxygens (including phenoxy) is 1. The van der Waals surface area contributed by atoms with Crippen molar-refractivity contribution in [1.29, 1.82) is 0 Å². The van der Waals surface area contributed by atoms with Gasteiger partial charge in [-0.1, -0.05) is 54.1 Å². The number of hydrogen-bond donors (Lipinski definition) is 0. The summed E-state index contributed by atoms with van der Waals surface area (Å²) in [5.41, 5.74) is 5.15. The Morgan fingerprint density at radius 1 is 0.614 bits per heavy atom. The number of anilines is 2. The number of halogens is 1. The molecule has 44 heavy (non-hydrogen) atoms. The maximum Gasteiger partial charge on any atom is 0.193 e. The zero-order valence-electron chi connectivity index (χ0n) is 25.3. The van der Waals surface area contributed by atoms with Gasteiger partial charge in [-0.25, -0.2) is 0 Å². The van der Waals surface area contributed by atoms with Crippen LogP contribution < -0.4 is 14.5 Å². The van der Waals surface area contributed by atoms with Gasteiger partial charge in [-0.05, 0) is 72.6 Å². The first-order valence-electron chi connectivity index (χ1n) is 15.7. The van der Waals surface area contributed by atoms with Crippen LogP contribution in [0, 0.1) is 0 Å². The number of carbonyl (C=O) groups is 1. The summed E-state index contributed by atoms with van der Waals surface area (Å²) in [6, 6.07) is 34.3. The first-order chi connectivity index (χ1) is 21.6. The number of piperazine rings is 2. The minimum absolute atomic E-state index is 0.0364. The Bertz CT molecular complexity index is 1460. The molecule has 6 nitrogen and oxygen atoms in total. The summed E-state index contributed by atoms with van der Waals surface area (Å²) in [7, 11) is 0. The molecule has 2 heterocycles. The Balaban J connectivity index is 0.901. The Labute approximate surface area is 266 Å². The number of rotatable bonds is 11. The Morgan fingerprint density at radius 2 is 1.16 bits per heavy atom. The van der Waals surface area contributed by atoms with Gasteiger partial charge in [-0.2, -0.15) is 0 Å². The van der Waals surface area contributed by atoms with Crippen LogP contribution in [0.4, 0.5) is 11.4 Å². The van der Waals surface area contributed by atoms with Crippen LogP contribution in [0.1, 0.15) is 27.9 Å². The predicted octanol–water partition coefficient (Wildman–Crippen LogP) is 6.48. The van der Waals surface area contributed by atoms with Crippen molar-refractivity contribution in [1.82, 2.24) is 9.80 Å². The highest BCUT2D eigenvalue weighted by Gasteiger charge is 2.19. The molecule has 0 aromatic heterocycles. The molecule has 0 amide bonds. The highest BCUT2D eigenvalue weighted by atomic mass is 35.5. The number of carbonyl (C=O) groups excluding carboxylic acids is 1. The largest absolute Gasteiger partial charge is 0.494 e. The van der Waals surface area contributed by atoms with E-state index in [0.29, 0.717) is 17.7 Å². The van der Waals surface area contributed by atoms with Crippen LogP contribution >= 0.6 is 11.6 Å². The smallest absolute Gasteiger partial charge is 0.193 e. The topological polar surface area (TPSA) is 39.3 Å². The molecule has 0 bridgehead atoms. The number of ketones is 1. The highest BCUT2D eigenvalue weighted by molar-refractivity contribution is 6.30. The molecule has 0 spiro atoms. The van der Waals surface area contributed by atoms with Gasteiger partial charge in [-0.15, -0.1) is 0 Å². The summed E-state index contributed by atoms with van der Waals surface area (Å²) in [6.45, 7) is 10.9. The van der Waals surface area contributed by atoms with E-state index in [0.717, 1.165) is 82.6 Å². The van der Waals surface area contributed by atoms with Crippen molar-refractivity contribution >= 4 is 28.8 Å². The van der Waals surface area contributed by atoms with E-state index >= 15 is 0 Å². The molecule has 6 rings (SSSR count). The highest BCUT2D eigenvalue weighted by Crippen LogP contribution is 2.21. The molecule has 228 valence electrons. The molecule has 0 radical (unpaired) electrons. The molecule has 7 heteroatoms. The van der Waals surface area contributed by atoms with E-state index < -0.39 is 0 Å². The molecule has 0 saturated carbocycles. The summed E-state index contributed by atoms with van der Waals surface area (Å²) >= 11 is 6.04. The summed E-state index contributed by atoms with van der Waals surface area (Å²) in [4.78, 5) is 23.0. The van der Waals surface area contributed by atoms with Crippen molar-refractivity contribution < 1.29 is 9.53 Å². The molecule has 0 atom stereocenters. The van der Waals surface area contributed by atoms with Crippen molar-refractivity contribution in [2.75, 3.05) is 75.3 Å². The fraction of sp³-hybridized carbons (Fsp3) is 0.324. The van der Waals surface area contributed by atoms with Crippen molar-refractivity contribution in [3.63, 3.8) is 0 Å². The van der Waals surface area contributed by atoms with Gasteiger partial charge in [0, 0.05) is 93.0 Å². The van der Waals surface area contributed by atoms with E-state index in [9.17, 15) is 4.79 Å². The number of benzene rings is 4. The third-order valence-electron chi connectivity index (χ3n) is 8.68. The lowest BCUT2D eigenvalue weighted by molar-refractivity contribution is 0.103. The van der Waals surface area contributed by atoms with Gasteiger partial charge >= 0.3 is 0 Å². The summed E-state index contributed by atoms with van der Waals surface area (Å²) < 4.78 is 5.99. The Hall–Kier alpha value is -3.84. The Morgan fingerprint density at radius 3 is 1.77 bits per heavy atom. The minimum Gasteiger partial charge on any atom is -0.494 e. The van der Waals surface area contributed by atoms with Gasteiger partial charge in [0.1, 0.15) is 5.75 Å². The predicted molar refractivity (Wildman–Crippen MR) is 180 cm³/mol. The molecule has 0 N–H and O–H groups in total. The summed E-state index contributed by atoms with van der Waals surface area (Å²) in [5, 5.41) is 0.770. The fourth-order valence-corrected chi connectivity index (χ4v) is 6.18. The van der Waals surface area contributed by atoms with Crippen LogP contribution in [-0.4, -0.2) is 81.1 Å². The van der Waals surface area contributed by atoms with Crippen molar-refractivity contribution in [3.8, 4) is 5.75 Å². The lowest BCUT2D eigenvalue weighted by atomic mass is 10.0. The molecule has 2 aliphatic heterocycles. The zero-order chi connectivity index (χ0) is 30.1. The number of para-hydroxylation sites is 1. The third-order valence-corrected chi connectivity index (χ3v) is 8.94. The second-order valence-corrected chi connectivity index (χ2v) is 12.1. The monoisotopic (exact) mass is 608 g/mol. The number of hydrogen-bond acceptors (Lipinski definition) is 6. The van der Waals surface area contributed by atoms with Crippen LogP contribution in [0.3, 0.4) is 0 Å². The first kappa shape index (κ1) is 30.2. The van der Waals surface area contributed by atoms with Crippen molar-refractivity contribution in [2.45, 2.75) is 13.0 Å². The van der Waals surface area contributed by atoms with Crippen molar-refractivity contribution in [3.05, 3.63) is 125 Å². The summed E-state index contributed by atoms with van der Waals surface area (Å²) in [5.74, 6) is 0.844. The molecule has 4 aromatic rings. The van der Waals surface area contributed by atoms with Crippen LogP contribution in [0.25, 0.3) is 0 Å². The lowest BCUT2D eigenvalue weighted by Crippen LogP contribution is -2.46. The quantitative estimate of drug-likeness (QED) is 0.143. The molecule has 2 aliphatic rings. The second-order valence-electron chi connectivity index (χ2n) is 11.7. The molecule has 2 saturated heterocycles. The van der Waals surface area contributed by atoms with E-state index in [2.05, 4.69) is 74.2 Å². The normalized spacial score (nSPS) is 16.2. The van der Waals surface area contributed by atoms with Crippen molar-refractivity contribution in [2.24, 2.45) is 0 Å². The second kappa shape index (κ2) is 14.8. The molecule has 4 aromatic carbocycles. The van der Waals surface area contributed by atoms with Crippen LogP contribution in [0.15, 0.2) is 103 Å². The zero-order valence-corrected chi connectivity index (χ0v) is 26.0. The van der Waals surface area contributed by atoms with Gasteiger partial charge in [-0.3, -0.25) is 14.6 Å². The molecular weight excluding hydrogens is 568 g/mol. The van der Waals surface area contributed by atoms with E-state index in [1.807, 2.05) is 48.5 Å². The van der Waals surface area contributed by atoms with Gasteiger partial charge in [0.25, 0.3) is 0 Å². The van der Waals surface area contributed by atoms with Gasteiger partial charge in [0.15, 0.2) is 5.78 Å². The van der Waals surface area contributed by atoms with E-state index in [1.54, 1.807) is 0 Å². The van der Waals surface area contributed by atoms with Gasteiger partial charge < -0.3 is 14.5 Å². The molecular formula is C37H41ClN4O2. The average molecular weight is 609 g/mol. The summed E-state index contributed by atoms with van der Waals surface area (Å²) in [6.07, 6.45) is 0.983. The minimum atomic E-state index is 0.0364. The first-order valence-corrected chi connectivity index (χ1v) is 16.1. The average Bonchev–Trinajstić information content (AvgIpc) is 3.08. The van der Waals surface area contributed by atoms with Gasteiger partial charge in [0.2, 0.25) is 0 Å². The van der Waals surface area contributed by atoms with E-state index in [4.69, 9.17) is 16.3 Å². The van der Waals surface area contributed by atoms with E-state index in [1.165, 1.54) is 16.9 Å². The number of nitrogens with zero attached hydrogens (tertiary/aromatic N) is 4. The lowest BCUT2D eigenvalue weighted by Gasteiger charge is -2.36. The maximum absolute atomic E-state index is 13.1. The van der Waals surface area contributed by atoms with Crippen LogP contribution in [0.2, 0.25) is 5.02 Å². The standard InChI is InChI=1S/C37H41ClN4O2/c38-33-13-15-35(16-14-33)42-26-22-40(23-27-42)29-30-7-9-31(10-8-30)37(43)32-11-17-36(18-12-32)44-28-4-19-39-20-24-41(25-21-39)34-5-2-1-3-6-34/h1-3,5-18H,4,19-29H2. The fourth-order valence-electron chi connectivity index (χ4n) is 6.05. The van der Waals surface area contributed by atoms with Crippen LogP contribution in [0.5, 0.6) is 5.75 Å². The SMILES string of the molecule is O=C(c1ccc(CN2CCN(c3ccc(Cl)cc3)CC2)cc1)c1ccc(OCCCN2CCN(c3ccccc3)CC2)cc1. The molecule has 2 fully saturated rings. The third kappa shape index (κ3) is 8.00. The van der Waals surface area contributed by atoms with Crippen LogP contribution in [-0.2, 0) is 6.54 Å². The Kier molecular flexibility index (Phi) is 10.1. The maximum atomic E-state index is 13.1. The molecule has 0 aliphatic carbocycles. The van der Waals surface area contributed by atoms with Gasteiger partial charge in [0.05, 0.1) is 6.61 Å². The van der Waals surface area contributed by atoms with E-state index in [-0.39, 0.29) is 5.78 Å².